The molecule has 8 rings (SSSR count). The average molecular weight is 764 g/mol. The molecular weight excluding hydrogens is 718 g/mol. The zero-order valence-corrected chi connectivity index (χ0v) is 31.0. The number of primary amides is 1. The maximum atomic E-state index is 13.3. The summed E-state index contributed by atoms with van der Waals surface area (Å²) in [5.41, 5.74) is 9.13. The highest BCUT2D eigenvalue weighted by Gasteiger charge is 2.45. The van der Waals surface area contributed by atoms with E-state index in [2.05, 4.69) is 42.5 Å². The van der Waals surface area contributed by atoms with Crippen LogP contribution in [0.3, 0.4) is 0 Å². The minimum Gasteiger partial charge on any atom is -0.481 e. The molecule has 0 bridgehead atoms. The number of likely N-dealkylation sites (tertiary alicyclic amines) is 1. The van der Waals surface area contributed by atoms with Crippen molar-refractivity contribution in [3.05, 3.63) is 71.0 Å². The Hall–Kier alpha value is -5.90. The van der Waals surface area contributed by atoms with Crippen LogP contribution in [0.1, 0.15) is 87.6 Å². The molecule has 5 N–H and O–H groups in total. The topological polar surface area (TPSA) is 211 Å². The molecule has 5 aliphatic heterocycles. The third-order valence-electron chi connectivity index (χ3n) is 12.0. The van der Waals surface area contributed by atoms with Crippen LogP contribution in [0.2, 0.25) is 0 Å². The van der Waals surface area contributed by atoms with E-state index in [1.54, 1.807) is 12.1 Å². The van der Waals surface area contributed by atoms with E-state index in [9.17, 15) is 33.9 Å². The van der Waals surface area contributed by atoms with Gasteiger partial charge in [0.15, 0.2) is 11.5 Å². The minimum atomic E-state index is -0.980. The van der Waals surface area contributed by atoms with Gasteiger partial charge in [-0.25, -0.2) is 9.97 Å². The minimum absolute atomic E-state index is 0.0354. The van der Waals surface area contributed by atoms with Crippen molar-refractivity contribution >= 4 is 58.5 Å². The normalized spacial score (nSPS) is 22.4. The molecule has 1 aromatic heterocycles. The van der Waals surface area contributed by atoms with E-state index < -0.39 is 41.5 Å². The lowest BCUT2D eigenvalue weighted by atomic mass is 9.89. The highest BCUT2D eigenvalue weighted by molar-refractivity contribution is 6.23. The quantitative estimate of drug-likeness (QED) is 0.219. The van der Waals surface area contributed by atoms with Crippen molar-refractivity contribution in [3.63, 3.8) is 0 Å². The Labute approximate surface area is 323 Å². The van der Waals surface area contributed by atoms with Gasteiger partial charge in [0.25, 0.3) is 17.7 Å². The number of hydrogen-bond acceptors (Lipinski definition) is 12. The number of nitrogens with one attached hydrogen (secondary N) is 2. The van der Waals surface area contributed by atoms with Crippen molar-refractivity contribution in [1.29, 1.82) is 0 Å². The number of imide groups is 2. The van der Waals surface area contributed by atoms with Crippen molar-refractivity contribution in [2.24, 2.45) is 17.6 Å². The molecule has 16 heteroatoms. The van der Waals surface area contributed by atoms with E-state index in [1.807, 2.05) is 23.1 Å². The second-order valence-electron chi connectivity index (χ2n) is 15.5. The van der Waals surface area contributed by atoms with Gasteiger partial charge in [-0.05, 0) is 99.3 Å². The van der Waals surface area contributed by atoms with Crippen LogP contribution in [-0.2, 0) is 14.4 Å². The monoisotopic (exact) mass is 763 g/mol. The Morgan fingerprint density at radius 3 is 2.27 bits per heavy atom. The van der Waals surface area contributed by atoms with Crippen molar-refractivity contribution in [2.45, 2.75) is 56.9 Å². The molecule has 0 saturated carbocycles. The van der Waals surface area contributed by atoms with Crippen LogP contribution in [0.25, 0.3) is 0 Å². The number of piperidine rings is 3. The van der Waals surface area contributed by atoms with Gasteiger partial charge in [-0.3, -0.25) is 39.0 Å². The van der Waals surface area contributed by atoms with E-state index in [0.717, 1.165) is 68.3 Å². The van der Waals surface area contributed by atoms with Crippen LogP contribution < -0.4 is 26.2 Å². The molecule has 6 heterocycles. The molecule has 0 radical (unpaired) electrons. The third kappa shape index (κ3) is 7.40. The van der Waals surface area contributed by atoms with Crippen molar-refractivity contribution in [2.75, 3.05) is 60.9 Å². The van der Waals surface area contributed by atoms with Gasteiger partial charge in [0.2, 0.25) is 11.8 Å². The summed E-state index contributed by atoms with van der Waals surface area (Å²) in [5, 5.41) is 14.8. The lowest BCUT2D eigenvalue weighted by Crippen LogP contribution is -2.54. The molecule has 1 unspecified atom stereocenters. The number of anilines is 4. The molecule has 2 atom stereocenters. The van der Waals surface area contributed by atoms with Gasteiger partial charge in [-0.1, -0.05) is 12.1 Å². The van der Waals surface area contributed by atoms with Gasteiger partial charge in [-0.15, -0.1) is 0 Å². The second-order valence-corrected chi connectivity index (χ2v) is 15.5. The molecule has 0 spiro atoms. The van der Waals surface area contributed by atoms with Gasteiger partial charge < -0.3 is 30.9 Å². The van der Waals surface area contributed by atoms with Gasteiger partial charge in [0, 0.05) is 50.5 Å². The first-order valence-electron chi connectivity index (χ1n) is 19.4. The number of carbonyl (C=O) groups is 6. The number of carboxylic acid groups (broad SMARTS) is 1. The predicted octanol–water partition coefficient (Wildman–Crippen LogP) is 2.73. The fourth-order valence-corrected chi connectivity index (χ4v) is 8.82. The smallest absolute Gasteiger partial charge is 0.306 e. The first kappa shape index (κ1) is 37.0. The summed E-state index contributed by atoms with van der Waals surface area (Å²) >= 11 is 0. The summed E-state index contributed by atoms with van der Waals surface area (Å²) < 4.78 is 0. The Kier molecular flexibility index (Phi) is 10.1. The van der Waals surface area contributed by atoms with Crippen LogP contribution in [0.5, 0.6) is 0 Å². The molecule has 2 aromatic carbocycles. The third-order valence-corrected chi connectivity index (χ3v) is 12.0. The summed E-state index contributed by atoms with van der Waals surface area (Å²) in [6.07, 6.45) is 5.84. The highest BCUT2D eigenvalue weighted by atomic mass is 16.4. The number of nitrogens with zero attached hydrogens (tertiary/aromatic N) is 6. The summed E-state index contributed by atoms with van der Waals surface area (Å²) in [6.45, 7) is 5.72. The molecule has 5 amide bonds. The Morgan fingerprint density at radius 2 is 1.57 bits per heavy atom. The fourth-order valence-electron chi connectivity index (χ4n) is 8.82. The molecule has 56 heavy (non-hydrogen) atoms. The van der Waals surface area contributed by atoms with Crippen LogP contribution in [0.4, 0.5) is 23.0 Å². The SMILES string of the molecule is NC(=O)c1ncc(N2CCC(C(=O)O)CC2)nc1Nc1ccc(C2CCN(C[C@H]3CCN(c4ccc5c(c4)C(=O)N(C4CCC(=O)NC4=O)C5=O)C3)CC2)cc1. The van der Waals surface area contributed by atoms with Crippen LogP contribution in [-0.4, -0.2) is 112 Å². The standard InChI is InChI=1S/C40H45N9O7/c41-35(51)34-36(44-32(20-42-34)47-17-12-26(13-18-47)40(55)56)43-27-3-1-24(2-4-27)25-10-14-46(15-11-25)21-23-9-16-48(22-23)28-5-6-29-30(19-28)39(54)49(38(29)53)31-7-8-33(50)45-37(31)52/h1-6,19-20,23,25-26,31H,7-18,21-22H2,(H2,41,51)(H,43,44)(H,55,56)(H,45,50,52)/t23-,31?/m1/s1. The summed E-state index contributed by atoms with van der Waals surface area (Å²) in [4.78, 5) is 90.8. The van der Waals surface area contributed by atoms with E-state index in [1.165, 1.54) is 11.8 Å². The number of fused-ring (bicyclic) bond motifs is 1. The molecule has 0 aliphatic carbocycles. The van der Waals surface area contributed by atoms with E-state index in [-0.39, 0.29) is 35.8 Å². The highest BCUT2D eigenvalue weighted by Crippen LogP contribution is 2.35. The van der Waals surface area contributed by atoms with E-state index >= 15 is 0 Å². The Balaban J connectivity index is 0.830. The molecular formula is C40H45N9O7. The van der Waals surface area contributed by atoms with Gasteiger partial charge >= 0.3 is 5.97 Å². The van der Waals surface area contributed by atoms with Crippen molar-refractivity contribution in [1.82, 2.24) is 25.1 Å². The lowest BCUT2D eigenvalue weighted by molar-refractivity contribution is -0.142. The molecule has 5 aliphatic rings. The summed E-state index contributed by atoms with van der Waals surface area (Å²) in [7, 11) is 0. The lowest BCUT2D eigenvalue weighted by Gasteiger charge is -2.34. The Bertz CT molecular complexity index is 2080. The number of aliphatic carboxylic acids is 1. The Morgan fingerprint density at radius 1 is 0.857 bits per heavy atom. The average Bonchev–Trinajstić information content (AvgIpc) is 3.76. The van der Waals surface area contributed by atoms with E-state index in [0.29, 0.717) is 49.1 Å². The molecule has 3 aromatic rings. The zero-order valence-electron chi connectivity index (χ0n) is 31.0. The molecule has 4 fully saturated rings. The maximum Gasteiger partial charge on any atom is 0.306 e. The number of aromatic nitrogens is 2. The van der Waals surface area contributed by atoms with Gasteiger partial charge in [0.05, 0.1) is 23.2 Å². The number of rotatable bonds is 10. The van der Waals surface area contributed by atoms with Crippen molar-refractivity contribution in [3.8, 4) is 0 Å². The molecule has 4 saturated heterocycles. The number of amides is 5. The van der Waals surface area contributed by atoms with Crippen LogP contribution >= 0.6 is 0 Å². The van der Waals surface area contributed by atoms with Gasteiger partial charge in [-0.2, -0.15) is 0 Å². The van der Waals surface area contributed by atoms with Gasteiger partial charge in [0.1, 0.15) is 11.9 Å². The largest absolute Gasteiger partial charge is 0.481 e. The van der Waals surface area contributed by atoms with Crippen LogP contribution in [0, 0.1) is 11.8 Å². The molecule has 16 nitrogen and oxygen atoms in total. The van der Waals surface area contributed by atoms with Crippen molar-refractivity contribution < 1.29 is 33.9 Å². The predicted molar refractivity (Wildman–Crippen MR) is 205 cm³/mol. The molecule has 292 valence electrons. The first-order chi connectivity index (χ1) is 27.0. The number of carbonyl (C=O) groups excluding carboxylic acids is 5. The van der Waals surface area contributed by atoms with E-state index in [4.69, 9.17) is 5.73 Å². The number of carboxylic acids is 1. The number of benzene rings is 2. The van der Waals surface area contributed by atoms with Crippen LogP contribution in [0.15, 0.2) is 48.7 Å². The summed E-state index contributed by atoms with van der Waals surface area (Å²) in [6, 6.07) is 12.5. The number of nitrogens with two attached hydrogens (primary N) is 1. The number of hydrogen-bond donors (Lipinski definition) is 4. The fraction of sp³-hybridized carbons (Fsp3) is 0.450. The first-order valence-corrected chi connectivity index (χ1v) is 19.4. The maximum absolute atomic E-state index is 13.3. The zero-order chi connectivity index (χ0) is 39.1. The summed E-state index contributed by atoms with van der Waals surface area (Å²) in [5.74, 6) is -2.14. The second kappa shape index (κ2) is 15.3.